The maximum absolute atomic E-state index is 13.0. The normalized spacial score (nSPS) is 12.3. The number of hydrogen-bond donors (Lipinski definition) is 0. The van der Waals surface area contributed by atoms with Gasteiger partial charge in [-0.2, -0.15) is 8.42 Å². The van der Waals surface area contributed by atoms with E-state index < -0.39 is 45.3 Å². The summed E-state index contributed by atoms with van der Waals surface area (Å²) in [5.74, 6) is -2.50. The first-order valence-corrected chi connectivity index (χ1v) is 14.4. The zero-order chi connectivity index (χ0) is 30.6. The maximum Gasteiger partial charge on any atom is 0.374 e. The lowest BCUT2D eigenvalue weighted by Crippen LogP contribution is -2.38. The van der Waals surface area contributed by atoms with Crippen LogP contribution < -0.4 is 20.3 Å². The van der Waals surface area contributed by atoms with Crippen LogP contribution in [0.2, 0.25) is 0 Å². The first-order chi connectivity index (χ1) is 19.9. The van der Waals surface area contributed by atoms with Gasteiger partial charge in [0.2, 0.25) is 11.5 Å². The fourth-order valence-corrected chi connectivity index (χ4v) is 4.59. The second-order valence-corrected chi connectivity index (χ2v) is 10.4. The second kappa shape index (κ2) is 12.4. The van der Waals surface area contributed by atoms with Crippen molar-refractivity contribution in [2.24, 2.45) is 0 Å². The third kappa shape index (κ3) is 6.78. The predicted molar refractivity (Wildman–Crippen MR) is 147 cm³/mol. The van der Waals surface area contributed by atoms with Crippen molar-refractivity contribution < 1.29 is 50.0 Å². The molecule has 0 aliphatic heterocycles. The van der Waals surface area contributed by atoms with Crippen molar-refractivity contribution in [3.05, 3.63) is 80.5 Å². The Labute approximate surface area is 238 Å². The van der Waals surface area contributed by atoms with Crippen LogP contribution in [-0.2, 0) is 23.8 Å². The van der Waals surface area contributed by atoms with Gasteiger partial charge in [0.1, 0.15) is 39.5 Å². The number of carbonyl (C=O) groups is 2. The second-order valence-electron chi connectivity index (χ2n) is 8.76. The van der Waals surface area contributed by atoms with Crippen molar-refractivity contribution in [2.45, 2.75) is 33.2 Å². The van der Waals surface area contributed by atoms with Crippen molar-refractivity contribution >= 4 is 44.0 Å². The van der Waals surface area contributed by atoms with Gasteiger partial charge in [-0.25, -0.2) is 9.59 Å². The van der Waals surface area contributed by atoms with Crippen molar-refractivity contribution in [2.75, 3.05) is 19.5 Å². The molecule has 0 aliphatic carbocycles. The molecule has 222 valence electrons. The van der Waals surface area contributed by atoms with Crippen LogP contribution in [0, 0.1) is 0 Å². The van der Waals surface area contributed by atoms with Crippen molar-refractivity contribution in [3.63, 3.8) is 0 Å². The Morgan fingerprint density at radius 1 is 0.786 bits per heavy atom. The van der Waals surface area contributed by atoms with E-state index in [1.807, 2.05) is 0 Å². The van der Waals surface area contributed by atoms with Crippen LogP contribution in [-0.4, -0.2) is 52.2 Å². The lowest BCUT2D eigenvalue weighted by Gasteiger charge is -2.26. The van der Waals surface area contributed by atoms with Gasteiger partial charge in [0.25, 0.3) is 16.4 Å². The van der Waals surface area contributed by atoms with Gasteiger partial charge >= 0.3 is 11.9 Å². The van der Waals surface area contributed by atoms with Crippen LogP contribution in [0.3, 0.4) is 0 Å². The van der Waals surface area contributed by atoms with Crippen molar-refractivity contribution in [3.8, 4) is 11.5 Å². The van der Waals surface area contributed by atoms with Gasteiger partial charge in [-0.1, -0.05) is 12.1 Å². The summed E-state index contributed by atoms with van der Waals surface area (Å²) in [6.45, 7) is 4.67. The molecule has 0 N–H and O–H groups in total. The summed E-state index contributed by atoms with van der Waals surface area (Å²) in [4.78, 5) is 50.3. The van der Waals surface area contributed by atoms with Crippen LogP contribution in [0.5, 0.6) is 11.5 Å². The van der Waals surface area contributed by atoms with Crippen molar-refractivity contribution in [1.82, 2.24) is 0 Å². The molecule has 42 heavy (non-hydrogen) atoms. The van der Waals surface area contributed by atoms with Gasteiger partial charge in [-0.15, -0.1) is 0 Å². The van der Waals surface area contributed by atoms with Crippen molar-refractivity contribution in [1.29, 1.82) is 0 Å². The molecular formula is C28H26O13S. The number of ether oxygens (including phenoxy) is 4. The molecule has 0 saturated carbocycles. The highest BCUT2D eigenvalue weighted by atomic mass is 32.2. The zero-order valence-corrected chi connectivity index (χ0v) is 23.7. The van der Waals surface area contributed by atoms with Crippen LogP contribution in [0.1, 0.15) is 41.9 Å². The molecule has 1 atom stereocenters. The molecular weight excluding hydrogens is 576 g/mol. The van der Waals surface area contributed by atoms with E-state index in [1.54, 1.807) is 13.8 Å². The molecule has 2 heterocycles. The van der Waals surface area contributed by atoms with Gasteiger partial charge in [0.05, 0.1) is 19.5 Å². The molecule has 0 spiro atoms. The molecule has 2 aromatic carbocycles. The van der Waals surface area contributed by atoms with Gasteiger partial charge in [0, 0.05) is 12.1 Å². The molecule has 0 fully saturated rings. The lowest BCUT2D eigenvalue weighted by atomic mass is 10.2. The minimum absolute atomic E-state index is 0.0178. The van der Waals surface area contributed by atoms with Crippen LogP contribution in [0.25, 0.3) is 21.9 Å². The Bertz CT molecular complexity index is 1750. The standard InChI is InChI=1S/C28H26O13S/c1-5-35-26(31)22-13-16(29)24-18(37-22)9-7-11-20(24)39-28(15(3)41-42(4,33)34)40-21-12-8-10-19-25(21)17(30)14-23(38-19)27(32)36-6-2/h7-15,28H,5-6H2,1-4H3. The SMILES string of the molecule is CCOC(=O)c1cc(=O)c2c(OC(Oc3cccc4oc(C(=O)OCC)cc(=O)c34)C(C)OS(C)(=O)=O)cccc2o1. The highest BCUT2D eigenvalue weighted by molar-refractivity contribution is 7.86. The first-order valence-electron chi connectivity index (χ1n) is 12.6. The predicted octanol–water partition coefficient (Wildman–Crippen LogP) is 3.40. The van der Waals surface area contributed by atoms with E-state index in [2.05, 4.69) is 0 Å². The topological polar surface area (TPSA) is 175 Å². The highest BCUT2D eigenvalue weighted by Crippen LogP contribution is 2.29. The van der Waals surface area contributed by atoms with Gasteiger partial charge in [-0.05, 0) is 45.0 Å². The number of esters is 2. The molecule has 0 bridgehead atoms. The lowest BCUT2D eigenvalue weighted by molar-refractivity contribution is -0.0638. The fourth-order valence-electron chi connectivity index (χ4n) is 3.95. The molecule has 0 radical (unpaired) electrons. The van der Waals surface area contributed by atoms with Crippen LogP contribution in [0.4, 0.5) is 0 Å². The quantitative estimate of drug-likeness (QED) is 0.139. The third-order valence-corrected chi connectivity index (χ3v) is 6.24. The molecule has 2 aromatic heterocycles. The van der Waals surface area contributed by atoms with E-state index in [9.17, 15) is 27.6 Å². The molecule has 0 saturated heterocycles. The number of hydrogen-bond acceptors (Lipinski definition) is 13. The largest absolute Gasteiger partial charge is 0.460 e. The number of rotatable bonds is 11. The zero-order valence-electron chi connectivity index (χ0n) is 22.9. The van der Waals surface area contributed by atoms with E-state index in [1.165, 1.54) is 43.3 Å². The maximum atomic E-state index is 13.0. The van der Waals surface area contributed by atoms with E-state index in [0.717, 1.165) is 18.4 Å². The molecule has 0 amide bonds. The first kappa shape index (κ1) is 30.3. The Morgan fingerprint density at radius 2 is 1.21 bits per heavy atom. The van der Waals surface area contributed by atoms with E-state index in [0.29, 0.717) is 0 Å². The Kier molecular flexibility index (Phi) is 8.97. The number of fused-ring (bicyclic) bond motifs is 2. The summed E-state index contributed by atoms with van der Waals surface area (Å²) in [5.41, 5.74) is -1.34. The average Bonchev–Trinajstić information content (AvgIpc) is 2.91. The summed E-state index contributed by atoms with van der Waals surface area (Å²) in [5, 5.41) is -0.163. The summed E-state index contributed by atoms with van der Waals surface area (Å²) in [7, 11) is -4.02. The summed E-state index contributed by atoms with van der Waals surface area (Å²) in [6.07, 6.45) is -2.06. The summed E-state index contributed by atoms with van der Waals surface area (Å²) < 4.78 is 61.8. The number of benzene rings is 2. The molecule has 14 heteroatoms. The smallest absolute Gasteiger partial charge is 0.374 e. The number of carbonyl (C=O) groups excluding carboxylic acids is 2. The molecule has 13 nitrogen and oxygen atoms in total. The van der Waals surface area contributed by atoms with Gasteiger partial charge < -0.3 is 27.8 Å². The minimum atomic E-state index is -4.02. The molecule has 0 aliphatic rings. The van der Waals surface area contributed by atoms with E-state index in [-0.39, 0.29) is 58.2 Å². The highest BCUT2D eigenvalue weighted by Gasteiger charge is 2.29. The molecule has 1 unspecified atom stereocenters. The Morgan fingerprint density at radius 3 is 1.60 bits per heavy atom. The van der Waals surface area contributed by atoms with Crippen LogP contribution >= 0.6 is 0 Å². The third-order valence-electron chi connectivity index (χ3n) is 5.58. The van der Waals surface area contributed by atoms with E-state index >= 15 is 0 Å². The minimum Gasteiger partial charge on any atom is -0.460 e. The summed E-state index contributed by atoms with van der Waals surface area (Å²) in [6, 6.07) is 10.5. The average molecular weight is 603 g/mol. The summed E-state index contributed by atoms with van der Waals surface area (Å²) >= 11 is 0. The molecule has 4 aromatic rings. The Balaban J connectivity index is 1.78. The monoisotopic (exact) mass is 602 g/mol. The van der Waals surface area contributed by atoms with Gasteiger partial charge in [-0.3, -0.25) is 13.8 Å². The Hall–Kier alpha value is -4.69. The van der Waals surface area contributed by atoms with Gasteiger partial charge in [0.15, 0.2) is 10.9 Å². The molecule has 4 rings (SSSR count). The fraction of sp³-hybridized carbons (Fsp3) is 0.286. The van der Waals surface area contributed by atoms with E-state index in [4.69, 9.17) is 32.0 Å². The van der Waals surface area contributed by atoms with Crippen LogP contribution in [0.15, 0.2) is 67.0 Å².